The van der Waals surface area contributed by atoms with Crippen LogP contribution in [-0.4, -0.2) is 47.5 Å². The molecular formula is C33H26ClF4N7O2. The molecule has 1 N–H and O–H groups in total. The minimum absolute atomic E-state index is 0.0438. The number of hydrogen-bond acceptors (Lipinski definition) is 7. The molecule has 0 fully saturated rings. The van der Waals surface area contributed by atoms with Crippen molar-refractivity contribution < 1.29 is 26.7 Å². The van der Waals surface area contributed by atoms with Crippen LogP contribution in [0.5, 0.6) is 5.88 Å². The minimum Gasteiger partial charge on any atom is -0.473 e. The summed E-state index contributed by atoms with van der Waals surface area (Å²) in [5, 5.41) is 0.330. The number of alkyl halides is 3. The Bertz CT molecular complexity index is 2120. The highest BCUT2D eigenvalue weighted by atomic mass is 35.5. The van der Waals surface area contributed by atoms with Gasteiger partial charge >= 0.3 is 6.18 Å². The molecule has 6 aromatic rings. The summed E-state index contributed by atoms with van der Waals surface area (Å²) in [7, 11) is 1.96. The predicted octanol–water partition coefficient (Wildman–Crippen LogP) is 7.69. The normalized spacial score (nSPS) is 14.1. The van der Waals surface area contributed by atoms with Gasteiger partial charge in [0.2, 0.25) is 17.6 Å². The number of oxazole rings is 1. The first-order valence-corrected chi connectivity index (χ1v) is 15.0. The average molecular weight is 664 g/mol. The molecule has 0 atom stereocenters. The Balaban J connectivity index is 1.01. The molecule has 0 amide bonds. The van der Waals surface area contributed by atoms with Crippen molar-refractivity contribution in [2.75, 3.05) is 13.1 Å². The van der Waals surface area contributed by atoms with Gasteiger partial charge in [-0.15, -0.1) is 0 Å². The van der Waals surface area contributed by atoms with Crippen molar-refractivity contribution in [3.8, 4) is 28.7 Å². The number of nitrogens with one attached hydrogen (secondary N) is 1. The highest BCUT2D eigenvalue weighted by Crippen LogP contribution is 2.31. The summed E-state index contributed by atoms with van der Waals surface area (Å²) in [6.45, 7) is 2.17. The molecule has 47 heavy (non-hydrogen) atoms. The molecule has 0 aliphatic carbocycles. The number of aryl methyl sites for hydroxylation is 1. The van der Waals surface area contributed by atoms with Gasteiger partial charge in [-0.25, -0.2) is 24.3 Å². The summed E-state index contributed by atoms with van der Waals surface area (Å²) >= 11 is 5.84. The average Bonchev–Trinajstić information content (AvgIpc) is 3.81. The lowest BCUT2D eigenvalue weighted by molar-refractivity contribution is -0.144. The number of pyridine rings is 1. The molecule has 1 aliphatic rings. The fraction of sp³-hybridized carbons (Fsp3) is 0.212. The molecule has 0 radical (unpaired) electrons. The van der Waals surface area contributed by atoms with Crippen LogP contribution in [0.15, 0.2) is 77.6 Å². The minimum atomic E-state index is -4.58. The first-order valence-electron chi connectivity index (χ1n) is 14.6. The number of nitrogens with zero attached hydrogens (tertiary/aromatic N) is 6. The van der Waals surface area contributed by atoms with E-state index in [0.717, 1.165) is 47.3 Å². The standard InChI is InChI=1S/C33H26ClF4N7O2/c1-44-28-8-6-20(31-42-27(18-47-31)26-15-39-32(43-26)33(36,37)38)13-25(28)40-29(44)16-45-11-9-19(10-12-45)24-3-2-4-30(41-24)46-17-21-5-7-22(34)14-23(21)35/h2-9,13-15,18H,10-12,16-17H2,1H3,(H,39,43). The molecule has 0 unspecified atom stereocenters. The van der Waals surface area contributed by atoms with Crippen molar-refractivity contribution in [1.82, 2.24) is 34.4 Å². The summed E-state index contributed by atoms with van der Waals surface area (Å²) in [5.74, 6) is 0.0266. The third-order valence-corrected chi connectivity index (χ3v) is 8.18. The van der Waals surface area contributed by atoms with Crippen molar-refractivity contribution in [1.29, 1.82) is 0 Å². The second-order valence-corrected chi connectivity index (χ2v) is 11.5. The van der Waals surface area contributed by atoms with Crippen LogP contribution < -0.4 is 4.74 Å². The number of aromatic amines is 1. The maximum atomic E-state index is 14.1. The zero-order valence-corrected chi connectivity index (χ0v) is 25.6. The Morgan fingerprint density at radius 3 is 2.68 bits per heavy atom. The fourth-order valence-electron chi connectivity index (χ4n) is 5.40. The number of aromatic nitrogens is 6. The SMILES string of the molecule is Cn1c(CN2CC=C(c3cccc(OCc4ccc(Cl)cc4F)n3)CC2)nc2cc(-c3nc(-c4cnc(C(F)(F)F)[nH]4)co3)ccc21. The van der Waals surface area contributed by atoms with E-state index in [4.69, 9.17) is 25.7 Å². The summed E-state index contributed by atoms with van der Waals surface area (Å²) in [6.07, 6.45) is 0.709. The molecule has 5 heterocycles. The van der Waals surface area contributed by atoms with Crippen LogP contribution in [0, 0.1) is 5.82 Å². The highest BCUT2D eigenvalue weighted by Gasteiger charge is 2.34. The van der Waals surface area contributed by atoms with E-state index in [1.165, 1.54) is 12.3 Å². The molecular weight excluding hydrogens is 638 g/mol. The van der Waals surface area contributed by atoms with Gasteiger partial charge in [0.25, 0.3) is 0 Å². The zero-order valence-electron chi connectivity index (χ0n) is 24.9. The number of hydrogen-bond donors (Lipinski definition) is 1. The van der Waals surface area contributed by atoms with Gasteiger partial charge in [0, 0.05) is 42.4 Å². The lowest BCUT2D eigenvalue weighted by atomic mass is 10.0. The topological polar surface area (TPSA) is 97.9 Å². The molecule has 4 aromatic heterocycles. The zero-order chi connectivity index (χ0) is 32.7. The van der Waals surface area contributed by atoms with Gasteiger partial charge in [0.05, 0.1) is 35.2 Å². The van der Waals surface area contributed by atoms with Crippen LogP contribution in [-0.2, 0) is 26.4 Å². The number of benzene rings is 2. The molecule has 0 bridgehead atoms. The van der Waals surface area contributed by atoms with Crippen LogP contribution in [0.25, 0.3) is 39.4 Å². The number of ether oxygens (including phenoxy) is 1. The van der Waals surface area contributed by atoms with Gasteiger partial charge in [-0.1, -0.05) is 29.8 Å². The maximum absolute atomic E-state index is 14.1. The van der Waals surface area contributed by atoms with E-state index in [-0.39, 0.29) is 23.9 Å². The van der Waals surface area contributed by atoms with E-state index >= 15 is 0 Å². The fourth-order valence-corrected chi connectivity index (χ4v) is 5.56. The van der Waals surface area contributed by atoms with E-state index in [1.54, 1.807) is 18.2 Å². The number of halogens is 5. The smallest absolute Gasteiger partial charge is 0.449 e. The van der Waals surface area contributed by atoms with E-state index in [0.29, 0.717) is 35.1 Å². The predicted molar refractivity (Wildman–Crippen MR) is 167 cm³/mol. The van der Waals surface area contributed by atoms with E-state index in [1.807, 2.05) is 41.9 Å². The van der Waals surface area contributed by atoms with Crippen LogP contribution in [0.4, 0.5) is 17.6 Å². The van der Waals surface area contributed by atoms with Crippen LogP contribution >= 0.6 is 11.6 Å². The van der Waals surface area contributed by atoms with Gasteiger partial charge in [0.15, 0.2) is 0 Å². The maximum Gasteiger partial charge on any atom is 0.449 e. The van der Waals surface area contributed by atoms with Gasteiger partial charge in [0.1, 0.15) is 30.2 Å². The monoisotopic (exact) mass is 663 g/mol. The molecule has 2 aromatic carbocycles. The second-order valence-electron chi connectivity index (χ2n) is 11.1. The summed E-state index contributed by atoms with van der Waals surface area (Å²) in [6, 6.07) is 15.6. The van der Waals surface area contributed by atoms with Gasteiger partial charge in [-0.05, 0) is 48.4 Å². The van der Waals surface area contributed by atoms with Crippen LogP contribution in [0.2, 0.25) is 5.02 Å². The number of rotatable bonds is 8. The Morgan fingerprint density at radius 1 is 1.04 bits per heavy atom. The first-order chi connectivity index (χ1) is 22.6. The summed E-state index contributed by atoms with van der Waals surface area (Å²) in [5.41, 5.74) is 4.95. The van der Waals surface area contributed by atoms with Crippen molar-refractivity contribution >= 4 is 28.2 Å². The molecule has 9 nitrogen and oxygen atoms in total. The van der Waals surface area contributed by atoms with Crippen molar-refractivity contribution in [3.05, 3.63) is 107 Å². The number of H-pyrrole nitrogens is 1. The number of imidazole rings is 2. The molecule has 1 aliphatic heterocycles. The highest BCUT2D eigenvalue weighted by molar-refractivity contribution is 6.30. The molecule has 0 saturated heterocycles. The first kappa shape index (κ1) is 30.6. The number of fused-ring (bicyclic) bond motifs is 1. The molecule has 240 valence electrons. The van der Waals surface area contributed by atoms with E-state index in [2.05, 4.69) is 30.9 Å². The Morgan fingerprint density at radius 2 is 1.91 bits per heavy atom. The summed E-state index contributed by atoms with van der Waals surface area (Å²) < 4.78 is 66.3. The Kier molecular flexibility index (Phi) is 8.02. The Labute approximate surface area is 270 Å². The second kappa shape index (κ2) is 12.3. The van der Waals surface area contributed by atoms with E-state index in [9.17, 15) is 17.6 Å². The summed E-state index contributed by atoms with van der Waals surface area (Å²) in [4.78, 5) is 21.8. The van der Waals surface area contributed by atoms with Crippen molar-refractivity contribution in [2.24, 2.45) is 7.05 Å². The van der Waals surface area contributed by atoms with Crippen molar-refractivity contribution in [2.45, 2.75) is 25.7 Å². The quantitative estimate of drug-likeness (QED) is 0.167. The molecule has 14 heteroatoms. The van der Waals surface area contributed by atoms with Crippen LogP contribution in [0.3, 0.4) is 0 Å². The molecule has 7 rings (SSSR count). The van der Waals surface area contributed by atoms with Crippen molar-refractivity contribution in [3.63, 3.8) is 0 Å². The third kappa shape index (κ3) is 6.49. The van der Waals surface area contributed by atoms with Gasteiger partial charge in [-0.3, -0.25) is 4.90 Å². The molecule has 0 spiro atoms. The van der Waals surface area contributed by atoms with Gasteiger partial charge in [-0.2, -0.15) is 13.2 Å². The van der Waals surface area contributed by atoms with Crippen LogP contribution in [0.1, 0.15) is 29.3 Å². The lowest BCUT2D eigenvalue weighted by Crippen LogP contribution is -2.29. The van der Waals surface area contributed by atoms with Gasteiger partial charge < -0.3 is 18.7 Å². The molecule has 0 saturated carbocycles. The van der Waals surface area contributed by atoms with E-state index < -0.39 is 17.8 Å². The largest absolute Gasteiger partial charge is 0.473 e. The lowest BCUT2D eigenvalue weighted by Gasteiger charge is -2.25. The third-order valence-electron chi connectivity index (χ3n) is 7.95. The Hall–Kier alpha value is -5.01.